The first-order valence-corrected chi connectivity index (χ1v) is 7.16. The molecule has 0 amide bonds. The Hall–Kier alpha value is -1.30. The van der Waals surface area contributed by atoms with Crippen molar-refractivity contribution in [1.29, 1.82) is 0 Å². The number of methoxy groups -OCH3 is 1. The highest BCUT2D eigenvalue weighted by Crippen LogP contribution is 2.17. The van der Waals surface area contributed by atoms with E-state index in [0.717, 1.165) is 44.2 Å². The lowest BCUT2D eigenvalue weighted by atomic mass is 10.2. The molecule has 0 aromatic heterocycles. The summed E-state index contributed by atoms with van der Waals surface area (Å²) in [5.74, 6) is 1.62. The van der Waals surface area contributed by atoms with Crippen molar-refractivity contribution in [1.82, 2.24) is 10.2 Å². The topological polar surface area (TPSA) is 54.0 Å². The molecule has 1 saturated heterocycles. The molecule has 20 heavy (non-hydrogen) atoms. The third-order valence-corrected chi connectivity index (χ3v) is 3.46. The van der Waals surface area contributed by atoms with Crippen LogP contribution in [0.2, 0.25) is 0 Å². The summed E-state index contributed by atoms with van der Waals surface area (Å²) in [6.45, 7) is 5.30. The molecule has 5 heteroatoms. The maximum Gasteiger partial charge on any atom is 0.119 e. The predicted octanol–water partition coefficient (Wildman–Crippen LogP) is 0.730. The third-order valence-electron chi connectivity index (χ3n) is 3.46. The van der Waals surface area contributed by atoms with Gasteiger partial charge in [-0.2, -0.15) is 0 Å². The molecule has 1 aliphatic heterocycles. The van der Waals surface area contributed by atoms with Gasteiger partial charge in [-0.15, -0.1) is 0 Å². The quantitative estimate of drug-likeness (QED) is 0.771. The van der Waals surface area contributed by atoms with E-state index in [1.807, 2.05) is 24.3 Å². The lowest BCUT2D eigenvalue weighted by Crippen LogP contribution is -2.46. The van der Waals surface area contributed by atoms with Crippen molar-refractivity contribution < 1.29 is 14.6 Å². The van der Waals surface area contributed by atoms with Gasteiger partial charge in [0.15, 0.2) is 0 Å². The molecule has 5 nitrogen and oxygen atoms in total. The number of hydrogen-bond donors (Lipinski definition) is 2. The number of rotatable bonds is 7. The average Bonchev–Trinajstić information content (AvgIpc) is 2.49. The zero-order valence-electron chi connectivity index (χ0n) is 12.0. The smallest absolute Gasteiger partial charge is 0.119 e. The molecule has 1 aromatic rings. The van der Waals surface area contributed by atoms with E-state index in [4.69, 9.17) is 9.47 Å². The van der Waals surface area contributed by atoms with Crippen LogP contribution in [-0.2, 0) is 0 Å². The number of piperazine rings is 1. The molecule has 1 aliphatic rings. The molecule has 1 atom stereocenters. The molecule has 2 N–H and O–H groups in total. The Kier molecular flexibility index (Phi) is 6.11. The molecule has 0 aliphatic carbocycles. The number of ether oxygens (including phenoxy) is 2. The maximum absolute atomic E-state index is 10.00. The molecule has 1 aromatic carbocycles. The van der Waals surface area contributed by atoms with Crippen molar-refractivity contribution in [3.8, 4) is 11.5 Å². The first-order chi connectivity index (χ1) is 9.78. The van der Waals surface area contributed by atoms with Crippen molar-refractivity contribution in [3.05, 3.63) is 24.3 Å². The number of β-amino-alcohol motifs (C(OH)–C–C–N with tert-alkyl or cyclic N) is 1. The lowest BCUT2D eigenvalue weighted by Gasteiger charge is -2.29. The minimum atomic E-state index is -0.327. The van der Waals surface area contributed by atoms with Crippen LogP contribution in [0, 0.1) is 0 Å². The van der Waals surface area contributed by atoms with Gasteiger partial charge in [-0.25, -0.2) is 0 Å². The van der Waals surface area contributed by atoms with Crippen LogP contribution in [0.15, 0.2) is 24.3 Å². The van der Waals surface area contributed by atoms with Gasteiger partial charge in [0.1, 0.15) is 11.5 Å². The van der Waals surface area contributed by atoms with E-state index in [0.29, 0.717) is 13.0 Å². The largest absolute Gasteiger partial charge is 0.497 e. The summed E-state index contributed by atoms with van der Waals surface area (Å²) in [5.41, 5.74) is 0. The van der Waals surface area contributed by atoms with Crippen LogP contribution in [0.25, 0.3) is 0 Å². The first kappa shape index (κ1) is 15.1. The van der Waals surface area contributed by atoms with Gasteiger partial charge in [0, 0.05) is 39.1 Å². The van der Waals surface area contributed by atoms with E-state index < -0.39 is 0 Å². The monoisotopic (exact) mass is 280 g/mol. The number of nitrogens with zero attached hydrogens (tertiary/aromatic N) is 1. The Bertz CT molecular complexity index is 377. The SMILES string of the molecule is COc1ccc(OCCC(O)CN2CCNCC2)cc1. The van der Waals surface area contributed by atoms with Gasteiger partial charge in [0.25, 0.3) is 0 Å². The van der Waals surface area contributed by atoms with Crippen LogP contribution in [0.1, 0.15) is 6.42 Å². The Morgan fingerprint density at radius 1 is 1.20 bits per heavy atom. The molecule has 0 radical (unpaired) electrons. The van der Waals surface area contributed by atoms with Gasteiger partial charge in [0.05, 0.1) is 19.8 Å². The summed E-state index contributed by atoms with van der Waals surface area (Å²) in [4.78, 5) is 2.29. The standard InChI is InChI=1S/C15H24N2O3/c1-19-14-2-4-15(5-3-14)20-11-6-13(18)12-17-9-7-16-8-10-17/h2-5,13,16,18H,6-12H2,1H3. The highest BCUT2D eigenvalue weighted by atomic mass is 16.5. The van der Waals surface area contributed by atoms with Crippen LogP contribution in [-0.4, -0.2) is 62.6 Å². The van der Waals surface area contributed by atoms with Crippen LogP contribution in [0.4, 0.5) is 0 Å². The Morgan fingerprint density at radius 3 is 2.50 bits per heavy atom. The second-order valence-electron chi connectivity index (χ2n) is 5.02. The predicted molar refractivity (Wildman–Crippen MR) is 78.4 cm³/mol. The normalized spacial score (nSPS) is 17.7. The Balaban J connectivity index is 1.63. The van der Waals surface area contributed by atoms with Gasteiger partial charge in [0.2, 0.25) is 0 Å². The van der Waals surface area contributed by atoms with E-state index in [-0.39, 0.29) is 6.10 Å². The zero-order valence-corrected chi connectivity index (χ0v) is 12.0. The number of hydrogen-bond acceptors (Lipinski definition) is 5. The number of aliphatic hydroxyl groups is 1. The average molecular weight is 280 g/mol. The van der Waals surface area contributed by atoms with Crippen molar-refractivity contribution in [2.45, 2.75) is 12.5 Å². The summed E-state index contributed by atoms with van der Waals surface area (Å²) >= 11 is 0. The molecular weight excluding hydrogens is 256 g/mol. The Labute approximate surface area is 120 Å². The zero-order chi connectivity index (χ0) is 14.2. The molecule has 112 valence electrons. The molecule has 1 unspecified atom stereocenters. The number of benzene rings is 1. The Morgan fingerprint density at radius 2 is 1.85 bits per heavy atom. The molecule has 1 fully saturated rings. The van der Waals surface area contributed by atoms with Crippen molar-refractivity contribution in [2.24, 2.45) is 0 Å². The van der Waals surface area contributed by atoms with Crippen molar-refractivity contribution >= 4 is 0 Å². The van der Waals surface area contributed by atoms with Crippen LogP contribution < -0.4 is 14.8 Å². The van der Waals surface area contributed by atoms with Crippen molar-refractivity contribution in [2.75, 3.05) is 46.4 Å². The molecular formula is C15H24N2O3. The van der Waals surface area contributed by atoms with Crippen molar-refractivity contribution in [3.63, 3.8) is 0 Å². The van der Waals surface area contributed by atoms with E-state index in [1.54, 1.807) is 7.11 Å². The molecule has 0 bridgehead atoms. The highest BCUT2D eigenvalue weighted by Gasteiger charge is 2.14. The molecule has 0 spiro atoms. The summed E-state index contributed by atoms with van der Waals surface area (Å²) in [6, 6.07) is 7.49. The van der Waals surface area contributed by atoms with E-state index in [2.05, 4.69) is 10.2 Å². The number of nitrogens with one attached hydrogen (secondary N) is 1. The molecule has 2 rings (SSSR count). The van der Waals surface area contributed by atoms with Crippen LogP contribution >= 0.6 is 0 Å². The van der Waals surface area contributed by atoms with Crippen LogP contribution in [0.5, 0.6) is 11.5 Å². The van der Waals surface area contributed by atoms with E-state index in [1.165, 1.54) is 0 Å². The van der Waals surface area contributed by atoms with E-state index in [9.17, 15) is 5.11 Å². The third kappa shape index (κ3) is 5.00. The minimum absolute atomic E-state index is 0.327. The lowest BCUT2D eigenvalue weighted by molar-refractivity contribution is 0.0857. The first-order valence-electron chi connectivity index (χ1n) is 7.16. The number of aliphatic hydroxyl groups excluding tert-OH is 1. The second-order valence-corrected chi connectivity index (χ2v) is 5.02. The second kappa shape index (κ2) is 8.09. The molecule has 1 heterocycles. The summed E-state index contributed by atoms with van der Waals surface area (Å²) < 4.78 is 10.7. The fraction of sp³-hybridized carbons (Fsp3) is 0.600. The van der Waals surface area contributed by atoms with Gasteiger partial charge < -0.3 is 19.9 Å². The summed E-state index contributed by atoms with van der Waals surface area (Å²) in [5, 5.41) is 13.3. The maximum atomic E-state index is 10.00. The van der Waals surface area contributed by atoms with E-state index >= 15 is 0 Å². The summed E-state index contributed by atoms with van der Waals surface area (Å²) in [7, 11) is 1.64. The van der Waals surface area contributed by atoms with Gasteiger partial charge in [-0.05, 0) is 24.3 Å². The molecule has 0 saturated carbocycles. The van der Waals surface area contributed by atoms with Gasteiger partial charge in [-0.1, -0.05) is 0 Å². The van der Waals surface area contributed by atoms with Gasteiger partial charge >= 0.3 is 0 Å². The fourth-order valence-corrected chi connectivity index (χ4v) is 2.27. The highest BCUT2D eigenvalue weighted by molar-refractivity contribution is 5.31. The van der Waals surface area contributed by atoms with Gasteiger partial charge in [-0.3, -0.25) is 4.90 Å². The summed E-state index contributed by atoms with van der Waals surface area (Å²) in [6.07, 6.45) is 0.321. The fourth-order valence-electron chi connectivity index (χ4n) is 2.27. The minimum Gasteiger partial charge on any atom is -0.497 e. The van der Waals surface area contributed by atoms with Crippen LogP contribution in [0.3, 0.4) is 0 Å².